The summed E-state index contributed by atoms with van der Waals surface area (Å²) in [6.07, 6.45) is 7.99. The maximum absolute atomic E-state index is 12.4. The van der Waals surface area contributed by atoms with Gasteiger partial charge in [-0.15, -0.1) is 0 Å². The van der Waals surface area contributed by atoms with Gasteiger partial charge >= 0.3 is 0 Å². The smallest absolute Gasteiger partial charge is 0.225 e. The summed E-state index contributed by atoms with van der Waals surface area (Å²) in [4.78, 5) is 17.7. The summed E-state index contributed by atoms with van der Waals surface area (Å²) in [5.41, 5.74) is 3.77. The second-order valence-corrected chi connectivity index (χ2v) is 6.41. The molecule has 3 heterocycles. The average molecular weight is 310 g/mol. The summed E-state index contributed by atoms with van der Waals surface area (Å²) in [6.45, 7) is 2.32. The highest BCUT2D eigenvalue weighted by Crippen LogP contribution is 2.29. The van der Waals surface area contributed by atoms with Gasteiger partial charge in [-0.1, -0.05) is 24.3 Å². The monoisotopic (exact) mass is 310 g/mol. The normalized spacial score (nSPS) is 21.7. The van der Waals surface area contributed by atoms with E-state index in [1.54, 1.807) is 0 Å². The average Bonchev–Trinajstić information content (AvgIpc) is 3.24. The highest BCUT2D eigenvalue weighted by molar-refractivity contribution is 5.93. The number of H-pyrrole nitrogens is 1. The van der Waals surface area contributed by atoms with Gasteiger partial charge < -0.3 is 14.6 Å². The van der Waals surface area contributed by atoms with Crippen molar-refractivity contribution in [3.8, 4) is 0 Å². The number of hydrogen-bond donors (Lipinski definition) is 1. The van der Waals surface area contributed by atoms with Crippen molar-refractivity contribution in [3.63, 3.8) is 0 Å². The summed E-state index contributed by atoms with van der Waals surface area (Å²) >= 11 is 0. The number of ether oxygens (including phenoxy) is 1. The third-order valence-electron chi connectivity index (χ3n) is 4.92. The first-order valence-electron chi connectivity index (χ1n) is 8.46. The van der Waals surface area contributed by atoms with E-state index in [4.69, 9.17) is 4.74 Å². The number of carbonyl (C=O) groups excluding carboxylic acids is 1. The lowest BCUT2D eigenvalue weighted by Gasteiger charge is -2.27. The lowest BCUT2D eigenvalue weighted by atomic mass is 9.98. The Bertz CT molecular complexity index is 741. The van der Waals surface area contributed by atoms with Gasteiger partial charge in [-0.25, -0.2) is 0 Å². The van der Waals surface area contributed by atoms with Crippen molar-refractivity contribution >= 4 is 22.4 Å². The molecule has 4 nitrogen and oxygen atoms in total. The van der Waals surface area contributed by atoms with Crippen LogP contribution in [-0.4, -0.2) is 41.6 Å². The summed E-state index contributed by atoms with van der Waals surface area (Å²) in [6, 6.07) is 8.36. The lowest BCUT2D eigenvalue weighted by molar-refractivity contribution is -0.133. The van der Waals surface area contributed by atoms with Gasteiger partial charge in [0.2, 0.25) is 5.91 Å². The number of rotatable bonds is 3. The lowest BCUT2D eigenvalue weighted by Crippen LogP contribution is -2.36. The Morgan fingerprint density at radius 1 is 1.35 bits per heavy atom. The van der Waals surface area contributed by atoms with Gasteiger partial charge in [-0.3, -0.25) is 4.79 Å². The van der Waals surface area contributed by atoms with Crippen LogP contribution in [0.1, 0.15) is 31.2 Å². The number of aromatic nitrogens is 1. The molecule has 1 aromatic heterocycles. The summed E-state index contributed by atoms with van der Waals surface area (Å²) in [5.74, 6) is 0.228. The first kappa shape index (κ1) is 14.5. The SMILES string of the molecule is O=C(C[C@@H]1CCCO1)N1CC=C(c2c[nH]c3ccccc23)CC1. The minimum absolute atomic E-state index is 0.140. The molecule has 1 amide bonds. The molecule has 0 saturated carbocycles. The third-order valence-corrected chi connectivity index (χ3v) is 4.92. The molecule has 1 fully saturated rings. The molecule has 2 aliphatic heterocycles. The number of hydrogen-bond acceptors (Lipinski definition) is 2. The number of para-hydroxylation sites is 1. The van der Waals surface area contributed by atoms with E-state index in [2.05, 4.69) is 35.5 Å². The fourth-order valence-electron chi connectivity index (χ4n) is 3.61. The van der Waals surface area contributed by atoms with E-state index in [1.165, 1.54) is 22.0 Å². The molecule has 2 aliphatic rings. The molecule has 1 saturated heterocycles. The Balaban J connectivity index is 1.45. The van der Waals surface area contributed by atoms with E-state index < -0.39 is 0 Å². The summed E-state index contributed by atoms with van der Waals surface area (Å²) < 4.78 is 5.58. The number of carbonyl (C=O) groups is 1. The van der Waals surface area contributed by atoms with Crippen molar-refractivity contribution in [2.45, 2.75) is 31.8 Å². The van der Waals surface area contributed by atoms with Crippen LogP contribution < -0.4 is 0 Å². The maximum Gasteiger partial charge on any atom is 0.225 e. The Morgan fingerprint density at radius 3 is 3.04 bits per heavy atom. The Kier molecular flexibility index (Phi) is 3.92. The largest absolute Gasteiger partial charge is 0.378 e. The molecular weight excluding hydrogens is 288 g/mol. The van der Waals surface area contributed by atoms with Crippen molar-refractivity contribution in [1.82, 2.24) is 9.88 Å². The van der Waals surface area contributed by atoms with Crippen LogP contribution in [0.2, 0.25) is 0 Å². The number of nitrogens with one attached hydrogen (secondary N) is 1. The topological polar surface area (TPSA) is 45.3 Å². The highest BCUT2D eigenvalue weighted by Gasteiger charge is 2.24. The molecule has 0 aliphatic carbocycles. The van der Waals surface area contributed by atoms with Crippen molar-refractivity contribution in [2.75, 3.05) is 19.7 Å². The molecule has 0 unspecified atom stereocenters. The summed E-state index contributed by atoms with van der Waals surface area (Å²) in [7, 11) is 0. The number of amides is 1. The van der Waals surface area contributed by atoms with Gasteiger partial charge in [0.25, 0.3) is 0 Å². The van der Waals surface area contributed by atoms with Gasteiger partial charge in [0, 0.05) is 42.4 Å². The number of benzene rings is 1. The van der Waals surface area contributed by atoms with E-state index >= 15 is 0 Å². The molecule has 0 bridgehead atoms. The number of aromatic amines is 1. The number of nitrogens with zero attached hydrogens (tertiary/aromatic N) is 1. The van der Waals surface area contributed by atoms with Crippen LogP contribution in [0.5, 0.6) is 0 Å². The van der Waals surface area contributed by atoms with Gasteiger partial charge in [0.1, 0.15) is 0 Å². The molecule has 0 spiro atoms. The zero-order valence-electron chi connectivity index (χ0n) is 13.3. The standard InChI is InChI=1S/C19H22N2O2/c22-19(12-15-4-3-11-23-15)21-9-7-14(8-10-21)17-13-20-18-6-2-1-5-16(17)18/h1-2,5-7,13,15,20H,3-4,8-12H2/t15-/m0/s1. The van der Waals surface area contributed by atoms with Crippen LogP contribution in [-0.2, 0) is 9.53 Å². The van der Waals surface area contributed by atoms with Crippen LogP contribution >= 0.6 is 0 Å². The number of fused-ring (bicyclic) bond motifs is 1. The van der Waals surface area contributed by atoms with E-state index in [-0.39, 0.29) is 12.0 Å². The minimum Gasteiger partial charge on any atom is -0.378 e. The molecule has 4 heteroatoms. The van der Waals surface area contributed by atoms with E-state index in [9.17, 15) is 4.79 Å². The predicted molar refractivity (Wildman–Crippen MR) is 91.1 cm³/mol. The fourth-order valence-corrected chi connectivity index (χ4v) is 3.61. The van der Waals surface area contributed by atoms with Crippen molar-refractivity contribution in [2.24, 2.45) is 0 Å². The molecule has 0 radical (unpaired) electrons. The highest BCUT2D eigenvalue weighted by atomic mass is 16.5. The van der Waals surface area contributed by atoms with Crippen molar-refractivity contribution in [1.29, 1.82) is 0 Å². The van der Waals surface area contributed by atoms with Gasteiger partial charge in [-0.05, 0) is 30.9 Å². The van der Waals surface area contributed by atoms with Crippen molar-refractivity contribution < 1.29 is 9.53 Å². The second kappa shape index (κ2) is 6.20. The van der Waals surface area contributed by atoms with E-state index in [1.807, 2.05) is 11.0 Å². The van der Waals surface area contributed by atoms with Gasteiger partial charge in [0.05, 0.1) is 12.5 Å². The van der Waals surface area contributed by atoms with E-state index in [0.29, 0.717) is 13.0 Å². The van der Waals surface area contributed by atoms with Crippen LogP contribution in [0.25, 0.3) is 16.5 Å². The Morgan fingerprint density at radius 2 is 2.26 bits per heavy atom. The Labute approximate surface area is 136 Å². The van der Waals surface area contributed by atoms with Gasteiger partial charge in [-0.2, -0.15) is 0 Å². The van der Waals surface area contributed by atoms with Gasteiger partial charge in [0.15, 0.2) is 0 Å². The first-order chi connectivity index (χ1) is 11.3. The predicted octanol–water partition coefficient (Wildman–Crippen LogP) is 3.35. The van der Waals surface area contributed by atoms with Crippen LogP contribution in [0.3, 0.4) is 0 Å². The molecule has 120 valence electrons. The second-order valence-electron chi connectivity index (χ2n) is 6.41. The maximum atomic E-state index is 12.4. The zero-order valence-corrected chi connectivity index (χ0v) is 13.3. The van der Waals surface area contributed by atoms with Crippen LogP contribution in [0.4, 0.5) is 0 Å². The van der Waals surface area contributed by atoms with Crippen LogP contribution in [0.15, 0.2) is 36.5 Å². The summed E-state index contributed by atoms with van der Waals surface area (Å²) in [5, 5.41) is 1.26. The molecule has 1 atom stereocenters. The minimum atomic E-state index is 0.140. The molecule has 2 aromatic rings. The zero-order chi connectivity index (χ0) is 15.6. The molecular formula is C19H22N2O2. The Hall–Kier alpha value is -2.07. The fraction of sp³-hybridized carbons (Fsp3) is 0.421. The molecule has 23 heavy (non-hydrogen) atoms. The third kappa shape index (κ3) is 2.91. The first-order valence-corrected chi connectivity index (χ1v) is 8.46. The van der Waals surface area contributed by atoms with E-state index in [0.717, 1.165) is 32.4 Å². The quantitative estimate of drug-likeness (QED) is 0.945. The molecule has 4 rings (SSSR count). The molecule has 1 N–H and O–H groups in total. The van der Waals surface area contributed by atoms with Crippen LogP contribution in [0, 0.1) is 0 Å². The van der Waals surface area contributed by atoms with Crippen molar-refractivity contribution in [3.05, 3.63) is 42.1 Å². The molecule has 1 aromatic carbocycles.